The lowest BCUT2D eigenvalue weighted by Gasteiger charge is -2.09. The molecule has 0 fully saturated rings. The van der Waals surface area contributed by atoms with Gasteiger partial charge in [-0.3, -0.25) is 0 Å². The molecule has 1 atom stereocenters. The highest BCUT2D eigenvalue weighted by atomic mass is 16.6. The lowest BCUT2D eigenvalue weighted by molar-refractivity contribution is -0.146. The molecule has 0 saturated heterocycles. The van der Waals surface area contributed by atoms with Crippen molar-refractivity contribution in [3.05, 3.63) is 47.2 Å². The molecule has 0 amide bonds. The zero-order valence-corrected chi connectivity index (χ0v) is 10.5. The molecular formula is C14H14O5. The second kappa shape index (κ2) is 5.56. The molecule has 0 unspecified atom stereocenters. The van der Waals surface area contributed by atoms with Crippen molar-refractivity contribution >= 4 is 11.9 Å². The third-order valence-corrected chi connectivity index (χ3v) is 2.76. The van der Waals surface area contributed by atoms with Gasteiger partial charge in [0.05, 0.1) is 6.61 Å². The topological polar surface area (TPSA) is 72.8 Å². The molecule has 0 bridgehead atoms. The fourth-order valence-electron chi connectivity index (χ4n) is 1.87. The molecular weight excluding hydrogens is 248 g/mol. The summed E-state index contributed by atoms with van der Waals surface area (Å²) >= 11 is 0. The molecule has 19 heavy (non-hydrogen) atoms. The number of aliphatic hydroxyl groups is 1. The second-order valence-electron chi connectivity index (χ2n) is 4.06. The van der Waals surface area contributed by atoms with Crippen LogP contribution in [0.3, 0.4) is 0 Å². The molecule has 1 aliphatic rings. The van der Waals surface area contributed by atoms with Crippen LogP contribution in [0.15, 0.2) is 41.7 Å². The number of hydrogen-bond donors (Lipinski definition) is 1. The molecule has 100 valence electrons. The average Bonchev–Trinajstić information content (AvgIpc) is 2.66. The zero-order valence-electron chi connectivity index (χ0n) is 10.5. The van der Waals surface area contributed by atoms with Crippen molar-refractivity contribution in [3.8, 4) is 0 Å². The van der Waals surface area contributed by atoms with Crippen molar-refractivity contribution in [1.82, 2.24) is 0 Å². The minimum Gasteiger partial charge on any atom is -0.507 e. The summed E-state index contributed by atoms with van der Waals surface area (Å²) in [6.07, 6.45) is -0.504. The van der Waals surface area contributed by atoms with E-state index in [9.17, 15) is 14.7 Å². The molecule has 0 spiro atoms. The van der Waals surface area contributed by atoms with Gasteiger partial charge in [-0.05, 0) is 12.5 Å². The third kappa shape index (κ3) is 2.76. The van der Waals surface area contributed by atoms with E-state index >= 15 is 0 Å². The summed E-state index contributed by atoms with van der Waals surface area (Å²) in [6.45, 7) is 1.75. The molecule has 0 aliphatic carbocycles. The molecule has 1 aromatic rings. The number of carbonyl (C=O) groups is 2. The van der Waals surface area contributed by atoms with Crippen LogP contribution in [0, 0.1) is 0 Å². The van der Waals surface area contributed by atoms with Crippen molar-refractivity contribution in [2.24, 2.45) is 0 Å². The molecule has 0 aromatic heterocycles. The van der Waals surface area contributed by atoms with Crippen molar-refractivity contribution in [1.29, 1.82) is 0 Å². The summed E-state index contributed by atoms with van der Waals surface area (Å²) in [4.78, 5) is 23.1. The maximum atomic E-state index is 11.6. The Kier molecular flexibility index (Phi) is 3.85. The van der Waals surface area contributed by atoms with Gasteiger partial charge in [-0.2, -0.15) is 0 Å². The minimum atomic E-state index is -0.847. The van der Waals surface area contributed by atoms with Crippen LogP contribution in [-0.4, -0.2) is 29.8 Å². The number of aliphatic hydroxyl groups excluding tert-OH is 1. The van der Waals surface area contributed by atoms with Gasteiger partial charge in [0.1, 0.15) is 0 Å². The van der Waals surface area contributed by atoms with Gasteiger partial charge in [0.15, 0.2) is 17.4 Å². The first-order valence-corrected chi connectivity index (χ1v) is 5.98. The van der Waals surface area contributed by atoms with Crippen LogP contribution in [0.25, 0.3) is 0 Å². The Morgan fingerprint density at radius 2 is 2.05 bits per heavy atom. The van der Waals surface area contributed by atoms with E-state index < -0.39 is 23.6 Å². The number of cyclic esters (lactones) is 1. The molecule has 1 aliphatic heterocycles. The molecule has 1 N–H and O–H groups in total. The Balaban J connectivity index is 2.17. The van der Waals surface area contributed by atoms with Gasteiger partial charge < -0.3 is 14.6 Å². The summed E-state index contributed by atoms with van der Waals surface area (Å²) < 4.78 is 9.70. The molecule has 1 aromatic carbocycles. The van der Waals surface area contributed by atoms with E-state index in [1.54, 1.807) is 6.92 Å². The maximum absolute atomic E-state index is 11.6. The van der Waals surface area contributed by atoms with Crippen LogP contribution >= 0.6 is 0 Å². The quantitative estimate of drug-likeness (QED) is 0.658. The highest BCUT2D eigenvalue weighted by molar-refractivity contribution is 6.16. The Morgan fingerprint density at radius 3 is 2.68 bits per heavy atom. The third-order valence-electron chi connectivity index (χ3n) is 2.76. The van der Waals surface area contributed by atoms with Gasteiger partial charge in [-0.1, -0.05) is 30.3 Å². The van der Waals surface area contributed by atoms with Gasteiger partial charge in [0, 0.05) is 6.42 Å². The van der Waals surface area contributed by atoms with E-state index in [0.29, 0.717) is 6.42 Å². The molecule has 2 rings (SSSR count). The lowest BCUT2D eigenvalue weighted by atomic mass is 10.1. The number of rotatable bonds is 4. The summed E-state index contributed by atoms with van der Waals surface area (Å²) in [5.74, 6) is -2.04. The maximum Gasteiger partial charge on any atom is 0.349 e. The normalized spacial score (nSPS) is 18.4. The van der Waals surface area contributed by atoms with Gasteiger partial charge in [0.2, 0.25) is 0 Å². The number of hydrogen-bond acceptors (Lipinski definition) is 5. The predicted molar refractivity (Wildman–Crippen MR) is 66.3 cm³/mol. The number of benzene rings is 1. The van der Waals surface area contributed by atoms with Crippen molar-refractivity contribution in [3.63, 3.8) is 0 Å². The Bertz CT molecular complexity index is 518. The first-order valence-electron chi connectivity index (χ1n) is 5.98. The Hall–Kier alpha value is -2.30. The smallest absolute Gasteiger partial charge is 0.349 e. The van der Waals surface area contributed by atoms with E-state index in [2.05, 4.69) is 0 Å². The Labute approximate surface area is 110 Å². The van der Waals surface area contributed by atoms with Crippen LogP contribution in [0.1, 0.15) is 12.5 Å². The van der Waals surface area contributed by atoms with Gasteiger partial charge in [-0.15, -0.1) is 0 Å². The van der Waals surface area contributed by atoms with Crippen molar-refractivity contribution in [2.75, 3.05) is 6.61 Å². The van der Waals surface area contributed by atoms with Crippen LogP contribution < -0.4 is 0 Å². The molecule has 5 heteroatoms. The van der Waals surface area contributed by atoms with Gasteiger partial charge >= 0.3 is 11.9 Å². The largest absolute Gasteiger partial charge is 0.507 e. The standard InChI is InChI=1S/C14H14O5/c1-2-18-13(16)11-12(15)10(19-14(11)17)8-9-6-4-3-5-7-9/h3-7,10,15H,2,8H2,1H3/t10-/m0/s1. The van der Waals surface area contributed by atoms with Crippen molar-refractivity contribution < 1.29 is 24.2 Å². The van der Waals surface area contributed by atoms with Gasteiger partial charge in [-0.25, -0.2) is 9.59 Å². The Morgan fingerprint density at radius 1 is 1.37 bits per heavy atom. The molecule has 0 saturated carbocycles. The molecule has 1 heterocycles. The highest BCUT2D eigenvalue weighted by Crippen LogP contribution is 2.24. The monoisotopic (exact) mass is 262 g/mol. The van der Waals surface area contributed by atoms with Gasteiger partial charge in [0.25, 0.3) is 0 Å². The molecule has 5 nitrogen and oxygen atoms in total. The first-order chi connectivity index (χ1) is 9.13. The van der Waals surface area contributed by atoms with Crippen LogP contribution in [0.2, 0.25) is 0 Å². The van der Waals surface area contributed by atoms with E-state index in [-0.39, 0.29) is 12.4 Å². The first kappa shape index (κ1) is 13.1. The average molecular weight is 262 g/mol. The second-order valence-corrected chi connectivity index (χ2v) is 4.06. The van der Waals surface area contributed by atoms with E-state index in [1.807, 2.05) is 30.3 Å². The number of ether oxygens (including phenoxy) is 2. The van der Waals surface area contributed by atoms with E-state index in [0.717, 1.165) is 5.56 Å². The summed E-state index contributed by atoms with van der Waals surface area (Å²) in [5.41, 5.74) is 0.500. The summed E-state index contributed by atoms with van der Waals surface area (Å²) in [7, 11) is 0. The SMILES string of the molecule is CCOC(=O)C1=C(O)[C@H](Cc2ccccc2)OC1=O. The van der Waals surface area contributed by atoms with Crippen molar-refractivity contribution in [2.45, 2.75) is 19.4 Å². The summed E-state index contributed by atoms with van der Waals surface area (Å²) in [6, 6.07) is 9.26. The predicted octanol–water partition coefficient (Wildman–Crippen LogP) is 1.53. The van der Waals surface area contributed by atoms with Crippen LogP contribution in [0.5, 0.6) is 0 Å². The van der Waals surface area contributed by atoms with E-state index in [1.165, 1.54) is 0 Å². The highest BCUT2D eigenvalue weighted by Gasteiger charge is 2.39. The molecule has 0 radical (unpaired) electrons. The van der Waals surface area contributed by atoms with Crippen LogP contribution in [0.4, 0.5) is 0 Å². The minimum absolute atomic E-state index is 0.131. The van der Waals surface area contributed by atoms with Crippen LogP contribution in [-0.2, 0) is 25.5 Å². The number of esters is 2. The fourth-order valence-corrected chi connectivity index (χ4v) is 1.87. The fraction of sp³-hybridized carbons (Fsp3) is 0.286. The zero-order chi connectivity index (χ0) is 13.8. The lowest BCUT2D eigenvalue weighted by Crippen LogP contribution is -2.15. The summed E-state index contributed by atoms with van der Waals surface area (Å²) in [5, 5.41) is 9.91. The van der Waals surface area contributed by atoms with E-state index in [4.69, 9.17) is 9.47 Å². The number of carbonyl (C=O) groups excluding carboxylic acids is 2.